The lowest BCUT2D eigenvalue weighted by Crippen LogP contribution is -1.96. The molecule has 6 aromatic carbocycles. The summed E-state index contributed by atoms with van der Waals surface area (Å²) < 4.78 is 11.3. The Morgan fingerprint density at radius 3 is 1.91 bits per heavy atom. The van der Waals surface area contributed by atoms with Crippen LogP contribution in [-0.2, 0) is 0 Å². The highest BCUT2D eigenvalue weighted by atomic mass is 16.5. The molecule has 0 amide bonds. The average Bonchev–Trinajstić information content (AvgIpc) is 3.85. The molecule has 0 aliphatic heterocycles. The third kappa shape index (κ3) is 4.92. The van der Waals surface area contributed by atoms with E-state index in [0.29, 0.717) is 5.75 Å². The molecule has 0 saturated carbocycles. The van der Waals surface area contributed by atoms with Crippen LogP contribution < -0.4 is 4.74 Å². The molecule has 5 aromatic heterocycles. The Labute approximate surface area is 322 Å². The molecule has 6 nitrogen and oxygen atoms in total. The Morgan fingerprint density at radius 1 is 0.518 bits per heavy atom. The zero-order valence-electron chi connectivity index (χ0n) is 31.2. The Bertz CT molecular complexity index is 3340. The predicted octanol–water partition coefficient (Wildman–Crippen LogP) is 12.7. The molecule has 0 saturated heterocycles. The van der Waals surface area contributed by atoms with Crippen molar-refractivity contribution in [2.45, 2.75) is 20.8 Å². The first kappa shape index (κ1) is 32.1. The van der Waals surface area contributed by atoms with Gasteiger partial charge in [-0.05, 0) is 91.9 Å². The van der Waals surface area contributed by atoms with E-state index >= 15 is 0 Å². The van der Waals surface area contributed by atoms with E-state index in [1.807, 2.05) is 30.5 Å². The van der Waals surface area contributed by atoms with Gasteiger partial charge in [0, 0.05) is 50.6 Å². The third-order valence-electron chi connectivity index (χ3n) is 11.0. The summed E-state index contributed by atoms with van der Waals surface area (Å²) in [5.41, 5.74) is 14.7. The van der Waals surface area contributed by atoms with Gasteiger partial charge in [-0.15, -0.1) is 0 Å². The van der Waals surface area contributed by atoms with E-state index in [4.69, 9.17) is 19.7 Å². The molecule has 0 fully saturated rings. The molecular weight excluding hydrogens is 687 g/mol. The van der Waals surface area contributed by atoms with Gasteiger partial charge in [-0.1, -0.05) is 96.6 Å². The molecule has 6 heteroatoms. The number of fused-ring (bicyclic) bond motifs is 12. The Kier molecular flexibility index (Phi) is 7.10. The van der Waals surface area contributed by atoms with Crippen molar-refractivity contribution in [2.75, 3.05) is 0 Å². The normalized spacial score (nSPS) is 11.8. The van der Waals surface area contributed by atoms with Crippen LogP contribution >= 0.6 is 0 Å². The first-order chi connectivity index (χ1) is 27.5. The van der Waals surface area contributed by atoms with Gasteiger partial charge >= 0.3 is 0 Å². The molecule has 0 aliphatic carbocycles. The van der Waals surface area contributed by atoms with Crippen molar-refractivity contribution in [3.05, 3.63) is 175 Å². The molecule has 56 heavy (non-hydrogen) atoms. The summed E-state index contributed by atoms with van der Waals surface area (Å²) in [6, 6.07) is 50.6. The van der Waals surface area contributed by atoms with Gasteiger partial charge < -0.3 is 4.74 Å². The lowest BCUT2D eigenvalue weighted by atomic mass is 9.98. The maximum absolute atomic E-state index is 6.77. The van der Waals surface area contributed by atoms with Crippen molar-refractivity contribution < 1.29 is 4.74 Å². The molecule has 0 bridgehead atoms. The number of aryl methyl sites for hydroxylation is 3. The van der Waals surface area contributed by atoms with Gasteiger partial charge in [-0.3, -0.25) is 13.8 Å². The highest BCUT2D eigenvalue weighted by Crippen LogP contribution is 2.41. The molecule has 11 aromatic rings. The summed E-state index contributed by atoms with van der Waals surface area (Å²) in [7, 11) is 0. The second kappa shape index (κ2) is 12.4. The fourth-order valence-corrected chi connectivity index (χ4v) is 8.77. The van der Waals surface area contributed by atoms with Crippen molar-refractivity contribution in [1.29, 1.82) is 0 Å². The monoisotopic (exact) mass is 721 g/mol. The van der Waals surface area contributed by atoms with Crippen molar-refractivity contribution in [3.8, 4) is 45.3 Å². The standard InChI is InChI=1S/C50H35N5O/c1-30-25-31(2)45(32(3)26-30)42-29-54-43-18-11-10-17-38(43)37-22-20-35(27-40(37)49(54)52-42)56-36-21-23-39-41(28-36)50-53-46(33-13-6-4-7-14-33)48(34-15-8-5-9-16-34)55(50)44-19-12-24-51-47(39)44/h4-29H,1-3H3. The van der Waals surface area contributed by atoms with E-state index in [2.05, 4.69) is 157 Å². The van der Waals surface area contributed by atoms with Crippen LogP contribution in [0.15, 0.2) is 158 Å². The number of aromatic nitrogens is 5. The minimum absolute atomic E-state index is 0.714. The zero-order chi connectivity index (χ0) is 37.5. The summed E-state index contributed by atoms with van der Waals surface area (Å²) >= 11 is 0. The van der Waals surface area contributed by atoms with Gasteiger partial charge in [-0.25, -0.2) is 9.97 Å². The topological polar surface area (TPSA) is 56.7 Å². The van der Waals surface area contributed by atoms with E-state index in [1.165, 1.54) is 22.3 Å². The van der Waals surface area contributed by atoms with E-state index in [0.717, 1.165) is 88.7 Å². The number of hydrogen-bond donors (Lipinski definition) is 0. The van der Waals surface area contributed by atoms with Crippen LogP contribution in [0, 0.1) is 20.8 Å². The molecule has 11 rings (SSSR count). The van der Waals surface area contributed by atoms with E-state index in [1.54, 1.807) is 0 Å². The van der Waals surface area contributed by atoms with Crippen LogP contribution in [0.25, 0.3) is 88.5 Å². The number of nitrogens with zero attached hydrogens (tertiary/aromatic N) is 5. The van der Waals surface area contributed by atoms with Gasteiger partial charge in [0.25, 0.3) is 0 Å². The maximum Gasteiger partial charge on any atom is 0.146 e. The minimum Gasteiger partial charge on any atom is -0.457 e. The highest BCUT2D eigenvalue weighted by molar-refractivity contribution is 6.13. The summed E-state index contributed by atoms with van der Waals surface area (Å²) in [6.07, 6.45) is 4.04. The molecule has 0 radical (unpaired) electrons. The summed E-state index contributed by atoms with van der Waals surface area (Å²) in [4.78, 5) is 15.6. The fraction of sp³-hybridized carbons (Fsp3) is 0.0600. The number of para-hydroxylation sites is 1. The fourth-order valence-electron chi connectivity index (χ4n) is 8.77. The number of imidazole rings is 2. The quantitative estimate of drug-likeness (QED) is 0.166. The second-order valence-corrected chi connectivity index (χ2v) is 14.7. The molecule has 0 N–H and O–H groups in total. The van der Waals surface area contributed by atoms with Gasteiger partial charge in [0.15, 0.2) is 0 Å². The number of pyridine rings is 3. The molecule has 0 aliphatic rings. The summed E-state index contributed by atoms with van der Waals surface area (Å²) in [6.45, 7) is 6.49. The smallest absolute Gasteiger partial charge is 0.146 e. The van der Waals surface area contributed by atoms with Crippen molar-refractivity contribution in [2.24, 2.45) is 0 Å². The summed E-state index contributed by atoms with van der Waals surface area (Å²) in [5, 5.41) is 5.30. The largest absolute Gasteiger partial charge is 0.457 e. The Balaban J connectivity index is 1.11. The first-order valence-corrected chi connectivity index (χ1v) is 18.9. The summed E-state index contributed by atoms with van der Waals surface area (Å²) in [5.74, 6) is 1.45. The van der Waals surface area contributed by atoms with Crippen LogP contribution in [-0.4, -0.2) is 23.8 Å². The zero-order valence-corrected chi connectivity index (χ0v) is 31.2. The minimum atomic E-state index is 0.714. The van der Waals surface area contributed by atoms with Crippen molar-refractivity contribution in [3.63, 3.8) is 0 Å². The Hall–Kier alpha value is -7.31. The van der Waals surface area contributed by atoms with Gasteiger partial charge in [0.1, 0.15) is 22.8 Å². The predicted molar refractivity (Wildman–Crippen MR) is 229 cm³/mol. The van der Waals surface area contributed by atoms with Crippen LogP contribution in [0.3, 0.4) is 0 Å². The highest BCUT2D eigenvalue weighted by Gasteiger charge is 2.22. The number of hydrogen-bond acceptors (Lipinski definition) is 4. The van der Waals surface area contributed by atoms with Crippen LogP contribution in [0.5, 0.6) is 11.5 Å². The SMILES string of the molecule is Cc1cc(C)c(-c2cn3c4ccccc4c4ccc(Oc5ccc6c(c5)c5nc(-c7ccccc7)c(-c7ccccc7)n5c5cccnc65)cc4c3n2)c(C)c1. The average molecular weight is 722 g/mol. The third-order valence-corrected chi connectivity index (χ3v) is 11.0. The van der Waals surface area contributed by atoms with Crippen LogP contribution in [0.1, 0.15) is 16.7 Å². The lowest BCUT2D eigenvalue weighted by Gasteiger charge is -2.13. The lowest BCUT2D eigenvalue weighted by molar-refractivity contribution is 0.484. The van der Waals surface area contributed by atoms with Crippen molar-refractivity contribution in [1.82, 2.24) is 23.8 Å². The number of ether oxygens (including phenoxy) is 1. The van der Waals surface area contributed by atoms with Crippen LogP contribution in [0.4, 0.5) is 0 Å². The van der Waals surface area contributed by atoms with E-state index in [9.17, 15) is 0 Å². The number of rotatable bonds is 5. The molecule has 0 atom stereocenters. The van der Waals surface area contributed by atoms with Gasteiger partial charge in [0.2, 0.25) is 0 Å². The number of benzene rings is 6. The van der Waals surface area contributed by atoms with Crippen molar-refractivity contribution >= 4 is 54.8 Å². The van der Waals surface area contributed by atoms with E-state index < -0.39 is 0 Å². The first-order valence-electron chi connectivity index (χ1n) is 18.9. The molecule has 266 valence electrons. The Morgan fingerprint density at radius 2 is 1.16 bits per heavy atom. The maximum atomic E-state index is 6.77. The van der Waals surface area contributed by atoms with E-state index in [-0.39, 0.29) is 0 Å². The second-order valence-electron chi connectivity index (χ2n) is 14.7. The molecule has 5 heterocycles. The molecular formula is C50H35N5O. The molecule has 0 spiro atoms. The van der Waals surface area contributed by atoms with Gasteiger partial charge in [-0.2, -0.15) is 0 Å². The molecule has 0 unspecified atom stereocenters. The van der Waals surface area contributed by atoms with Crippen LogP contribution in [0.2, 0.25) is 0 Å². The van der Waals surface area contributed by atoms with Gasteiger partial charge in [0.05, 0.1) is 33.6 Å².